The van der Waals surface area contributed by atoms with Gasteiger partial charge in [-0.1, -0.05) is 131 Å². The van der Waals surface area contributed by atoms with Gasteiger partial charge >= 0.3 is 0 Å². The summed E-state index contributed by atoms with van der Waals surface area (Å²) >= 11 is 2.67. The van der Waals surface area contributed by atoms with Crippen LogP contribution in [0.4, 0.5) is 0 Å². The van der Waals surface area contributed by atoms with Crippen molar-refractivity contribution < 1.29 is 0 Å². The molecular weight excluding hydrogens is 455 g/mol. The number of unbranched alkanes of at least 4 members (excludes halogenated alkanes) is 6. The standard InChI is InChI=1S/C25H41ISi/c1-6-8-10-13-19-23(22-17-15-12-16-18-22)21-24(20-14-11-9-7-2)25(26)27(3,4)5/h12,15-18,21H,6-11,13-14,19-20H2,1-5H3/b23-21-,25-24-. The maximum atomic E-state index is 2.67. The molecule has 0 amide bonds. The van der Waals surface area contributed by atoms with Crippen LogP contribution in [0.1, 0.15) is 83.6 Å². The van der Waals surface area contributed by atoms with Crippen molar-refractivity contribution in [3.63, 3.8) is 0 Å². The van der Waals surface area contributed by atoms with E-state index in [9.17, 15) is 0 Å². The Bertz CT molecular complexity index is 578. The second-order valence-corrected chi connectivity index (χ2v) is 15.8. The van der Waals surface area contributed by atoms with E-state index in [1.165, 1.54) is 69.8 Å². The zero-order valence-corrected chi connectivity index (χ0v) is 21.6. The van der Waals surface area contributed by atoms with Crippen molar-refractivity contribution in [2.24, 2.45) is 0 Å². The predicted molar refractivity (Wildman–Crippen MR) is 136 cm³/mol. The van der Waals surface area contributed by atoms with E-state index in [2.05, 4.69) is 92.5 Å². The van der Waals surface area contributed by atoms with Gasteiger partial charge in [-0.15, -0.1) is 0 Å². The molecule has 0 radical (unpaired) electrons. The van der Waals surface area contributed by atoms with Gasteiger partial charge in [0.25, 0.3) is 0 Å². The van der Waals surface area contributed by atoms with Crippen molar-refractivity contribution in [3.8, 4) is 0 Å². The van der Waals surface area contributed by atoms with Crippen LogP contribution in [0.5, 0.6) is 0 Å². The van der Waals surface area contributed by atoms with Crippen LogP contribution in [0, 0.1) is 0 Å². The monoisotopic (exact) mass is 496 g/mol. The molecule has 1 aromatic carbocycles. The molecule has 0 nitrogen and oxygen atoms in total. The Kier molecular flexibility index (Phi) is 12.6. The van der Waals surface area contributed by atoms with Gasteiger partial charge in [0.2, 0.25) is 0 Å². The van der Waals surface area contributed by atoms with Crippen LogP contribution in [-0.2, 0) is 0 Å². The first-order chi connectivity index (χ1) is 12.9. The predicted octanol–water partition coefficient (Wildman–Crippen LogP) is 9.58. The van der Waals surface area contributed by atoms with E-state index in [1.807, 2.05) is 0 Å². The Morgan fingerprint density at radius 3 is 1.89 bits per heavy atom. The number of hydrogen-bond acceptors (Lipinski definition) is 0. The average Bonchev–Trinajstić information content (AvgIpc) is 2.65. The molecule has 2 heteroatoms. The molecule has 1 aromatic rings. The summed E-state index contributed by atoms with van der Waals surface area (Å²) in [5.41, 5.74) is 4.59. The maximum absolute atomic E-state index is 2.67. The smallest absolute Gasteiger partial charge is 0.0654 e. The van der Waals surface area contributed by atoms with Gasteiger partial charge in [-0.05, 0) is 45.6 Å². The SMILES string of the molecule is CCCCCC/C(=C/C(CCCCCC)=C(/I)[Si](C)(C)C)c1ccccc1. The lowest BCUT2D eigenvalue weighted by molar-refractivity contribution is 0.667. The van der Waals surface area contributed by atoms with E-state index in [-0.39, 0.29) is 0 Å². The Morgan fingerprint density at radius 2 is 1.37 bits per heavy atom. The number of benzene rings is 1. The largest absolute Gasteiger partial charge is 0.0858 e. The Hall–Kier alpha value is -0.353. The molecule has 0 aromatic heterocycles. The summed E-state index contributed by atoms with van der Waals surface area (Å²) in [4.78, 5) is 0. The molecule has 0 bridgehead atoms. The third kappa shape index (κ3) is 10.1. The minimum atomic E-state index is -1.28. The molecule has 1 rings (SSSR count). The van der Waals surface area contributed by atoms with Gasteiger partial charge in [-0.25, -0.2) is 0 Å². The summed E-state index contributed by atoms with van der Waals surface area (Å²) in [6.45, 7) is 12.0. The van der Waals surface area contributed by atoms with Gasteiger partial charge in [0.15, 0.2) is 0 Å². The highest BCUT2D eigenvalue weighted by molar-refractivity contribution is 14.1. The molecule has 0 saturated heterocycles. The van der Waals surface area contributed by atoms with Crippen LogP contribution in [0.2, 0.25) is 19.6 Å². The van der Waals surface area contributed by atoms with Gasteiger partial charge in [0, 0.05) is 0 Å². The van der Waals surface area contributed by atoms with E-state index < -0.39 is 8.07 Å². The zero-order chi connectivity index (χ0) is 20.1. The van der Waals surface area contributed by atoms with Crippen molar-refractivity contribution in [1.29, 1.82) is 0 Å². The highest BCUT2D eigenvalue weighted by atomic mass is 127. The fourth-order valence-electron chi connectivity index (χ4n) is 3.37. The molecule has 0 N–H and O–H groups in total. The highest BCUT2D eigenvalue weighted by Crippen LogP contribution is 2.32. The lowest BCUT2D eigenvalue weighted by Gasteiger charge is -2.20. The third-order valence-corrected chi connectivity index (χ3v) is 12.2. The molecule has 0 atom stereocenters. The summed E-state index contributed by atoms with van der Waals surface area (Å²) in [6, 6.07) is 11.1. The second kappa shape index (κ2) is 13.8. The van der Waals surface area contributed by atoms with E-state index >= 15 is 0 Å². The summed E-state index contributed by atoms with van der Waals surface area (Å²) in [7, 11) is -1.28. The van der Waals surface area contributed by atoms with Crippen LogP contribution in [0.25, 0.3) is 5.57 Å². The molecular formula is C25H41ISi. The maximum Gasteiger partial charge on any atom is 0.0858 e. The van der Waals surface area contributed by atoms with Crippen molar-refractivity contribution >= 4 is 36.2 Å². The zero-order valence-electron chi connectivity index (χ0n) is 18.4. The van der Waals surface area contributed by atoms with Crippen molar-refractivity contribution in [1.82, 2.24) is 0 Å². The number of halogens is 1. The molecule has 0 heterocycles. The molecule has 0 spiro atoms. The quantitative estimate of drug-likeness (QED) is 0.110. The summed E-state index contributed by atoms with van der Waals surface area (Å²) in [6.07, 6.45) is 15.7. The fourth-order valence-corrected chi connectivity index (χ4v) is 4.96. The van der Waals surface area contributed by atoms with E-state index in [0.717, 1.165) is 0 Å². The van der Waals surface area contributed by atoms with Gasteiger partial charge in [-0.2, -0.15) is 0 Å². The molecule has 0 aliphatic heterocycles. The normalized spacial score (nSPS) is 13.6. The Morgan fingerprint density at radius 1 is 0.815 bits per heavy atom. The number of allylic oxidation sites excluding steroid dienone is 3. The fraction of sp³-hybridized carbons (Fsp3) is 0.600. The lowest BCUT2D eigenvalue weighted by atomic mass is 9.96. The molecule has 0 aliphatic carbocycles. The Labute approximate surface area is 184 Å². The van der Waals surface area contributed by atoms with Gasteiger partial charge in [0.05, 0.1) is 8.07 Å². The first kappa shape index (κ1) is 24.7. The van der Waals surface area contributed by atoms with Crippen LogP contribution in [-0.4, -0.2) is 8.07 Å². The van der Waals surface area contributed by atoms with E-state index in [0.29, 0.717) is 0 Å². The highest BCUT2D eigenvalue weighted by Gasteiger charge is 2.20. The van der Waals surface area contributed by atoms with E-state index in [1.54, 1.807) is 14.3 Å². The molecule has 0 aliphatic rings. The van der Waals surface area contributed by atoms with Crippen LogP contribution in [0.3, 0.4) is 0 Å². The van der Waals surface area contributed by atoms with Gasteiger partial charge in [0.1, 0.15) is 0 Å². The molecule has 0 fully saturated rings. The van der Waals surface area contributed by atoms with Crippen LogP contribution >= 0.6 is 22.6 Å². The topological polar surface area (TPSA) is 0 Å². The van der Waals surface area contributed by atoms with E-state index in [4.69, 9.17) is 0 Å². The minimum Gasteiger partial charge on any atom is -0.0654 e. The third-order valence-electron chi connectivity index (χ3n) is 5.03. The van der Waals surface area contributed by atoms with Gasteiger partial charge < -0.3 is 0 Å². The van der Waals surface area contributed by atoms with Crippen LogP contribution in [0.15, 0.2) is 45.2 Å². The summed E-state index contributed by atoms with van der Waals surface area (Å²) < 4.78 is 1.67. The van der Waals surface area contributed by atoms with Gasteiger partial charge in [-0.3, -0.25) is 0 Å². The number of hydrogen-bond donors (Lipinski definition) is 0. The minimum absolute atomic E-state index is 1.21. The summed E-state index contributed by atoms with van der Waals surface area (Å²) in [5, 5.41) is 0. The van der Waals surface area contributed by atoms with Crippen molar-refractivity contribution in [2.45, 2.75) is 97.7 Å². The Balaban J connectivity index is 3.12. The second-order valence-electron chi connectivity index (χ2n) is 8.75. The first-order valence-corrected chi connectivity index (χ1v) is 15.6. The first-order valence-electron chi connectivity index (χ1n) is 11.0. The summed E-state index contributed by atoms with van der Waals surface area (Å²) in [5.74, 6) is 0. The molecule has 0 saturated carbocycles. The average molecular weight is 497 g/mol. The van der Waals surface area contributed by atoms with Crippen molar-refractivity contribution in [2.75, 3.05) is 0 Å². The number of rotatable bonds is 13. The molecule has 0 unspecified atom stereocenters. The molecule has 152 valence electrons. The molecule has 27 heavy (non-hydrogen) atoms. The van der Waals surface area contributed by atoms with Crippen LogP contribution < -0.4 is 0 Å². The van der Waals surface area contributed by atoms with Crippen molar-refractivity contribution in [3.05, 3.63) is 50.7 Å². The lowest BCUT2D eigenvalue weighted by Crippen LogP contribution is -2.21.